The quantitative estimate of drug-likeness (QED) is 0.797. The van der Waals surface area contributed by atoms with Crippen molar-refractivity contribution < 1.29 is 9.90 Å². The minimum absolute atomic E-state index is 0.503. The van der Waals surface area contributed by atoms with Gasteiger partial charge >= 0.3 is 5.97 Å². The van der Waals surface area contributed by atoms with E-state index in [1.54, 1.807) is 18.9 Å². The number of carbonyl (C=O) groups is 1. The fraction of sp³-hybridized carbons (Fsp3) is 0.364. The summed E-state index contributed by atoms with van der Waals surface area (Å²) in [6.07, 6.45) is 0. The third-order valence-corrected chi connectivity index (χ3v) is 2.35. The van der Waals surface area contributed by atoms with E-state index in [0.717, 1.165) is 11.3 Å². The van der Waals surface area contributed by atoms with Crippen molar-refractivity contribution >= 4 is 11.7 Å². The lowest BCUT2D eigenvalue weighted by Gasteiger charge is -2.23. The molecule has 1 N–H and O–H groups in total. The van der Waals surface area contributed by atoms with Gasteiger partial charge in [-0.3, -0.25) is 0 Å². The van der Waals surface area contributed by atoms with Crippen LogP contribution in [-0.2, 0) is 4.79 Å². The monoisotopic (exact) mass is 193 g/mol. The molecule has 1 rings (SSSR count). The highest BCUT2D eigenvalue weighted by Crippen LogP contribution is 2.16. The maximum Gasteiger partial charge on any atom is 0.326 e. The molecule has 0 saturated heterocycles. The van der Waals surface area contributed by atoms with E-state index in [9.17, 15) is 4.79 Å². The van der Waals surface area contributed by atoms with Gasteiger partial charge in [0.2, 0.25) is 0 Å². The predicted octanol–water partition coefficient (Wildman–Crippen LogP) is 1.90. The van der Waals surface area contributed by atoms with Crippen molar-refractivity contribution in [3.8, 4) is 0 Å². The van der Waals surface area contributed by atoms with Gasteiger partial charge < -0.3 is 10.0 Å². The van der Waals surface area contributed by atoms with E-state index >= 15 is 0 Å². The maximum atomic E-state index is 10.8. The number of anilines is 1. The van der Waals surface area contributed by atoms with Crippen LogP contribution in [0, 0.1) is 6.92 Å². The molecule has 3 heteroatoms. The summed E-state index contributed by atoms with van der Waals surface area (Å²) in [6, 6.07) is 7.29. The number of hydrogen-bond acceptors (Lipinski definition) is 2. The number of carboxylic acid groups (broad SMARTS) is 1. The number of aliphatic carboxylic acids is 1. The predicted molar refractivity (Wildman–Crippen MR) is 56.7 cm³/mol. The molecular weight excluding hydrogens is 178 g/mol. The summed E-state index contributed by atoms with van der Waals surface area (Å²) in [5.41, 5.74) is 2.06. The summed E-state index contributed by atoms with van der Waals surface area (Å²) in [5, 5.41) is 8.84. The molecule has 76 valence electrons. The van der Waals surface area contributed by atoms with Gasteiger partial charge in [-0.05, 0) is 31.5 Å². The summed E-state index contributed by atoms with van der Waals surface area (Å²) < 4.78 is 0. The Hall–Kier alpha value is -1.51. The number of hydrogen-bond donors (Lipinski definition) is 1. The number of nitrogens with zero attached hydrogens (tertiary/aromatic N) is 1. The Morgan fingerprint density at radius 2 is 2.14 bits per heavy atom. The van der Waals surface area contributed by atoms with Gasteiger partial charge in [0, 0.05) is 12.7 Å². The third kappa shape index (κ3) is 2.25. The highest BCUT2D eigenvalue weighted by atomic mass is 16.4. The van der Waals surface area contributed by atoms with Gasteiger partial charge in [-0.2, -0.15) is 0 Å². The average molecular weight is 193 g/mol. The molecule has 0 unspecified atom stereocenters. The van der Waals surface area contributed by atoms with Gasteiger partial charge in [-0.25, -0.2) is 4.79 Å². The van der Waals surface area contributed by atoms with Crippen LogP contribution in [-0.4, -0.2) is 24.2 Å². The number of benzene rings is 1. The van der Waals surface area contributed by atoms with Gasteiger partial charge in [0.15, 0.2) is 0 Å². The van der Waals surface area contributed by atoms with Crippen LogP contribution in [0.15, 0.2) is 24.3 Å². The largest absolute Gasteiger partial charge is 0.480 e. The first-order chi connectivity index (χ1) is 6.52. The van der Waals surface area contributed by atoms with Gasteiger partial charge in [0.25, 0.3) is 0 Å². The van der Waals surface area contributed by atoms with E-state index in [1.807, 2.05) is 31.2 Å². The lowest BCUT2D eigenvalue weighted by atomic mass is 10.2. The SMILES string of the molecule is Cc1cccc(N(C)[C@H](C)C(=O)O)c1. The lowest BCUT2D eigenvalue weighted by Crippen LogP contribution is -2.35. The van der Waals surface area contributed by atoms with Crippen molar-refractivity contribution in [2.24, 2.45) is 0 Å². The average Bonchev–Trinajstić information content (AvgIpc) is 2.15. The zero-order chi connectivity index (χ0) is 10.7. The molecule has 0 fully saturated rings. The van der Waals surface area contributed by atoms with Crippen LogP contribution < -0.4 is 4.90 Å². The summed E-state index contributed by atoms with van der Waals surface area (Å²) in [4.78, 5) is 12.5. The number of likely N-dealkylation sites (N-methyl/N-ethyl adjacent to an activating group) is 1. The van der Waals surface area contributed by atoms with Gasteiger partial charge in [-0.1, -0.05) is 12.1 Å². The molecule has 0 heterocycles. The molecule has 0 bridgehead atoms. The molecule has 1 aromatic carbocycles. The first-order valence-corrected chi connectivity index (χ1v) is 4.54. The molecule has 3 nitrogen and oxygen atoms in total. The minimum Gasteiger partial charge on any atom is -0.480 e. The van der Waals surface area contributed by atoms with Gasteiger partial charge in [0.05, 0.1) is 0 Å². The van der Waals surface area contributed by atoms with Crippen molar-refractivity contribution in [3.63, 3.8) is 0 Å². The molecule has 1 aromatic rings. The smallest absolute Gasteiger partial charge is 0.326 e. The zero-order valence-electron chi connectivity index (χ0n) is 8.69. The summed E-state index contributed by atoms with van der Waals surface area (Å²) >= 11 is 0. The Bertz CT molecular complexity index is 336. The third-order valence-electron chi connectivity index (χ3n) is 2.35. The van der Waals surface area contributed by atoms with Crippen molar-refractivity contribution in [2.45, 2.75) is 19.9 Å². The molecule has 0 aliphatic rings. The van der Waals surface area contributed by atoms with Crippen LogP contribution in [0.3, 0.4) is 0 Å². The molecule has 0 spiro atoms. The fourth-order valence-electron chi connectivity index (χ4n) is 1.24. The number of rotatable bonds is 3. The number of aryl methyl sites for hydroxylation is 1. The molecule has 0 radical (unpaired) electrons. The standard InChI is InChI=1S/C11H15NO2/c1-8-5-4-6-10(7-8)12(3)9(2)11(13)14/h4-7,9H,1-3H3,(H,13,14)/t9-/m1/s1. The molecule has 0 amide bonds. The van der Waals surface area contributed by atoms with E-state index < -0.39 is 12.0 Å². The minimum atomic E-state index is -0.811. The highest BCUT2D eigenvalue weighted by Gasteiger charge is 2.16. The molecule has 0 saturated carbocycles. The van der Waals surface area contributed by atoms with E-state index in [0.29, 0.717) is 0 Å². The van der Waals surface area contributed by atoms with Crippen LogP contribution in [0.1, 0.15) is 12.5 Å². The van der Waals surface area contributed by atoms with Crippen LogP contribution in [0.2, 0.25) is 0 Å². The van der Waals surface area contributed by atoms with Gasteiger partial charge in [0.1, 0.15) is 6.04 Å². The second-order valence-electron chi connectivity index (χ2n) is 3.46. The Morgan fingerprint density at radius 1 is 1.50 bits per heavy atom. The summed E-state index contributed by atoms with van der Waals surface area (Å²) in [7, 11) is 1.79. The van der Waals surface area contributed by atoms with Crippen LogP contribution in [0.5, 0.6) is 0 Å². The molecule has 1 atom stereocenters. The second kappa shape index (κ2) is 4.13. The van der Waals surface area contributed by atoms with Crippen LogP contribution in [0.25, 0.3) is 0 Å². The Labute approximate surface area is 84.0 Å². The van der Waals surface area contributed by atoms with E-state index in [4.69, 9.17) is 5.11 Å². The Kier molecular flexibility index (Phi) is 3.12. The second-order valence-corrected chi connectivity index (χ2v) is 3.46. The Balaban J connectivity index is 2.89. The highest BCUT2D eigenvalue weighted by molar-refractivity contribution is 5.77. The zero-order valence-corrected chi connectivity index (χ0v) is 8.69. The summed E-state index contributed by atoms with van der Waals surface area (Å²) in [5.74, 6) is -0.811. The number of carboxylic acids is 1. The van der Waals surface area contributed by atoms with Crippen molar-refractivity contribution in [2.75, 3.05) is 11.9 Å². The Morgan fingerprint density at radius 3 is 2.64 bits per heavy atom. The lowest BCUT2D eigenvalue weighted by molar-refractivity contribution is -0.138. The van der Waals surface area contributed by atoms with Crippen LogP contribution in [0.4, 0.5) is 5.69 Å². The van der Waals surface area contributed by atoms with E-state index in [1.165, 1.54) is 0 Å². The maximum absolute atomic E-state index is 10.8. The molecule has 0 aromatic heterocycles. The van der Waals surface area contributed by atoms with E-state index in [2.05, 4.69) is 0 Å². The van der Waals surface area contributed by atoms with Gasteiger partial charge in [-0.15, -0.1) is 0 Å². The molecular formula is C11H15NO2. The fourth-order valence-corrected chi connectivity index (χ4v) is 1.24. The first-order valence-electron chi connectivity index (χ1n) is 4.54. The topological polar surface area (TPSA) is 40.5 Å². The van der Waals surface area contributed by atoms with E-state index in [-0.39, 0.29) is 0 Å². The van der Waals surface area contributed by atoms with Crippen molar-refractivity contribution in [3.05, 3.63) is 29.8 Å². The molecule has 0 aliphatic carbocycles. The normalized spacial score (nSPS) is 12.2. The molecule has 0 aliphatic heterocycles. The molecule has 14 heavy (non-hydrogen) atoms. The summed E-state index contributed by atoms with van der Waals surface area (Å²) in [6.45, 7) is 3.66. The van der Waals surface area contributed by atoms with Crippen LogP contribution >= 0.6 is 0 Å². The van der Waals surface area contributed by atoms with Crippen molar-refractivity contribution in [1.82, 2.24) is 0 Å². The first kappa shape index (κ1) is 10.6. The van der Waals surface area contributed by atoms with Crippen molar-refractivity contribution in [1.29, 1.82) is 0 Å².